The number of rotatable bonds is 79. The summed E-state index contributed by atoms with van der Waals surface area (Å²) in [4.78, 5) is 73.0. The van der Waals surface area contributed by atoms with E-state index in [1.54, 1.807) is 0 Å². The maximum Gasteiger partial charge on any atom is 0.472 e. The van der Waals surface area contributed by atoms with E-state index >= 15 is 0 Å². The van der Waals surface area contributed by atoms with E-state index in [0.717, 1.165) is 89.9 Å². The SMILES string of the molecule is CCCCCCCCCCCCCCCCCC(=O)OC[C@H](COP(=O)(O)OC[C@@H](O)COP(=O)(O)OC[C@@H](COC(=O)CCCCCCCCCCCCCCC)OC(=O)CCCCCCCCCCCCCCCC)OC(=O)CCCCCCCCCCCCCCCCC. The standard InChI is InChI=1S/C78H152O17P2/c1-5-9-13-17-21-25-29-33-36-40-43-47-51-55-59-63-76(81)89-69-74(95-78(83)65-61-57-53-49-45-41-37-34-30-26-22-18-14-10-6-2)71-93-97(86,87)91-67-72(79)66-90-96(84,85)92-70-73(68-88-75(80)62-58-54-50-46-42-38-32-28-24-20-16-12-8-4)94-77(82)64-60-56-52-48-44-39-35-31-27-23-19-15-11-7-3/h72-74,79H,5-71H2,1-4H3,(H,84,85)(H,86,87)/t72-,73+,74+/m0/s1. The number of hydrogen-bond acceptors (Lipinski definition) is 15. The predicted molar refractivity (Wildman–Crippen MR) is 395 cm³/mol. The van der Waals surface area contributed by atoms with E-state index in [1.165, 1.54) is 250 Å². The predicted octanol–water partition coefficient (Wildman–Crippen LogP) is 23.4. The number of phosphoric acid groups is 2. The second-order valence-electron chi connectivity index (χ2n) is 28.1. The topological polar surface area (TPSA) is 237 Å². The summed E-state index contributed by atoms with van der Waals surface area (Å²) < 4.78 is 68.7. The van der Waals surface area contributed by atoms with Gasteiger partial charge in [-0.3, -0.25) is 37.3 Å². The fourth-order valence-corrected chi connectivity index (χ4v) is 13.7. The molecule has 0 aliphatic heterocycles. The first-order chi connectivity index (χ1) is 47.2. The van der Waals surface area contributed by atoms with E-state index in [9.17, 15) is 43.2 Å². The van der Waals surface area contributed by atoms with Crippen LogP contribution in [-0.4, -0.2) is 96.7 Å². The third-order valence-electron chi connectivity index (χ3n) is 18.4. The number of ether oxygens (including phenoxy) is 4. The minimum atomic E-state index is -4.96. The van der Waals surface area contributed by atoms with E-state index in [2.05, 4.69) is 27.7 Å². The second-order valence-corrected chi connectivity index (χ2v) is 31.0. The highest BCUT2D eigenvalue weighted by Gasteiger charge is 2.30. The summed E-state index contributed by atoms with van der Waals surface area (Å²) in [6, 6.07) is 0. The molecule has 3 N–H and O–H groups in total. The van der Waals surface area contributed by atoms with Crippen LogP contribution < -0.4 is 0 Å². The number of carbonyl (C=O) groups is 4. The van der Waals surface area contributed by atoms with E-state index in [-0.39, 0.29) is 25.7 Å². The molecule has 19 heteroatoms. The summed E-state index contributed by atoms with van der Waals surface area (Å²) in [5, 5.41) is 10.6. The average molecular weight is 1420 g/mol. The lowest BCUT2D eigenvalue weighted by Gasteiger charge is -2.21. The monoisotopic (exact) mass is 1420 g/mol. The largest absolute Gasteiger partial charge is 0.472 e. The molecule has 0 radical (unpaired) electrons. The molecule has 97 heavy (non-hydrogen) atoms. The first-order valence-electron chi connectivity index (χ1n) is 40.8. The van der Waals surface area contributed by atoms with Crippen molar-refractivity contribution in [2.75, 3.05) is 39.6 Å². The van der Waals surface area contributed by atoms with Gasteiger partial charge in [-0.05, 0) is 25.7 Å². The van der Waals surface area contributed by atoms with Crippen molar-refractivity contribution < 1.29 is 80.2 Å². The molecule has 0 aliphatic carbocycles. The van der Waals surface area contributed by atoms with Crippen LogP contribution in [0.2, 0.25) is 0 Å². The molecular formula is C78H152O17P2. The average Bonchev–Trinajstić information content (AvgIpc) is 2.46. The minimum absolute atomic E-state index is 0.109. The van der Waals surface area contributed by atoms with Crippen LogP contribution in [0.4, 0.5) is 0 Å². The fraction of sp³-hybridized carbons (Fsp3) is 0.949. The molecule has 0 saturated carbocycles. The summed E-state index contributed by atoms with van der Waals surface area (Å²) in [5.74, 6) is -2.10. The van der Waals surface area contributed by atoms with Crippen LogP contribution in [0.5, 0.6) is 0 Å². The van der Waals surface area contributed by atoms with Crippen LogP contribution >= 0.6 is 15.6 Å². The second kappa shape index (κ2) is 72.4. The highest BCUT2D eigenvalue weighted by atomic mass is 31.2. The highest BCUT2D eigenvalue weighted by Crippen LogP contribution is 2.45. The number of aliphatic hydroxyl groups is 1. The number of aliphatic hydroxyl groups excluding tert-OH is 1. The fourth-order valence-electron chi connectivity index (χ4n) is 12.1. The Morgan fingerprint density at radius 1 is 0.247 bits per heavy atom. The quantitative estimate of drug-likeness (QED) is 0.0222. The smallest absolute Gasteiger partial charge is 0.462 e. The Labute approximate surface area is 594 Å². The summed E-state index contributed by atoms with van der Waals surface area (Å²) in [6.07, 6.45) is 63.5. The van der Waals surface area contributed by atoms with Crippen molar-refractivity contribution in [3.05, 3.63) is 0 Å². The lowest BCUT2D eigenvalue weighted by molar-refractivity contribution is -0.161. The summed E-state index contributed by atoms with van der Waals surface area (Å²) in [6.45, 7) is 5.02. The summed E-state index contributed by atoms with van der Waals surface area (Å²) in [7, 11) is -9.91. The number of esters is 4. The molecule has 5 atom stereocenters. The van der Waals surface area contributed by atoms with E-state index in [4.69, 9.17) is 37.0 Å². The Balaban J connectivity index is 5.26. The summed E-state index contributed by atoms with van der Waals surface area (Å²) in [5.41, 5.74) is 0. The third kappa shape index (κ3) is 72.2. The van der Waals surface area contributed by atoms with Crippen LogP contribution in [0.15, 0.2) is 0 Å². The van der Waals surface area contributed by atoms with Crippen LogP contribution in [0.1, 0.15) is 419 Å². The van der Waals surface area contributed by atoms with Crippen LogP contribution in [0.25, 0.3) is 0 Å². The molecule has 0 aromatic heterocycles. The summed E-state index contributed by atoms with van der Waals surface area (Å²) >= 11 is 0. The zero-order valence-electron chi connectivity index (χ0n) is 63.1. The number of carbonyl (C=O) groups excluding carboxylic acids is 4. The van der Waals surface area contributed by atoms with Crippen LogP contribution in [-0.2, 0) is 65.4 Å². The van der Waals surface area contributed by atoms with Gasteiger partial charge in [0.25, 0.3) is 0 Å². The normalized spacial score (nSPS) is 13.8. The zero-order chi connectivity index (χ0) is 71.1. The maximum absolute atomic E-state index is 13.1. The van der Waals surface area contributed by atoms with E-state index < -0.39 is 97.5 Å². The van der Waals surface area contributed by atoms with Gasteiger partial charge in [-0.25, -0.2) is 9.13 Å². The highest BCUT2D eigenvalue weighted by molar-refractivity contribution is 7.47. The Morgan fingerprint density at radius 3 is 0.608 bits per heavy atom. The zero-order valence-corrected chi connectivity index (χ0v) is 64.8. The number of phosphoric ester groups is 2. The van der Waals surface area contributed by atoms with Gasteiger partial charge >= 0.3 is 39.5 Å². The molecule has 0 aromatic rings. The Morgan fingerprint density at radius 2 is 0.412 bits per heavy atom. The lowest BCUT2D eigenvalue weighted by Crippen LogP contribution is -2.30. The van der Waals surface area contributed by atoms with Gasteiger partial charge in [0.15, 0.2) is 12.2 Å². The van der Waals surface area contributed by atoms with Crippen molar-refractivity contribution in [3.63, 3.8) is 0 Å². The van der Waals surface area contributed by atoms with Gasteiger partial charge in [-0.2, -0.15) is 0 Å². The van der Waals surface area contributed by atoms with Gasteiger partial charge in [-0.1, -0.05) is 368 Å². The van der Waals surface area contributed by atoms with Crippen molar-refractivity contribution in [3.8, 4) is 0 Å². The first-order valence-corrected chi connectivity index (χ1v) is 43.8. The molecule has 17 nitrogen and oxygen atoms in total. The lowest BCUT2D eigenvalue weighted by atomic mass is 10.0. The molecular weight excluding hydrogens is 1270 g/mol. The first kappa shape index (κ1) is 95.1. The Kier molecular flexibility index (Phi) is 71.0. The molecule has 0 spiro atoms. The molecule has 576 valence electrons. The molecule has 0 fully saturated rings. The Hall–Kier alpha value is -1.94. The van der Waals surface area contributed by atoms with Gasteiger partial charge in [0.2, 0.25) is 0 Å². The van der Waals surface area contributed by atoms with Crippen LogP contribution in [0, 0.1) is 0 Å². The molecule has 2 unspecified atom stereocenters. The van der Waals surface area contributed by atoms with Gasteiger partial charge < -0.3 is 33.8 Å². The Bertz CT molecular complexity index is 1840. The van der Waals surface area contributed by atoms with E-state index in [1.807, 2.05) is 0 Å². The van der Waals surface area contributed by atoms with Crippen molar-refractivity contribution >= 4 is 39.5 Å². The number of unbranched alkanes of at least 4 members (excludes halogenated alkanes) is 53. The van der Waals surface area contributed by atoms with Crippen molar-refractivity contribution in [1.29, 1.82) is 0 Å². The van der Waals surface area contributed by atoms with Crippen molar-refractivity contribution in [2.45, 2.75) is 438 Å². The van der Waals surface area contributed by atoms with Gasteiger partial charge in [0.1, 0.15) is 19.3 Å². The molecule has 0 aromatic carbocycles. The van der Waals surface area contributed by atoms with Crippen LogP contribution in [0.3, 0.4) is 0 Å². The molecule has 0 bridgehead atoms. The maximum atomic E-state index is 13.1. The molecule has 0 aliphatic rings. The van der Waals surface area contributed by atoms with Gasteiger partial charge in [0.05, 0.1) is 26.4 Å². The molecule has 0 saturated heterocycles. The van der Waals surface area contributed by atoms with Crippen molar-refractivity contribution in [1.82, 2.24) is 0 Å². The van der Waals surface area contributed by atoms with Gasteiger partial charge in [0, 0.05) is 25.7 Å². The van der Waals surface area contributed by atoms with E-state index in [0.29, 0.717) is 25.7 Å². The minimum Gasteiger partial charge on any atom is -0.462 e. The third-order valence-corrected chi connectivity index (χ3v) is 20.3. The molecule has 0 rings (SSSR count). The molecule has 0 amide bonds. The number of hydrogen-bond donors (Lipinski definition) is 3. The van der Waals surface area contributed by atoms with Crippen molar-refractivity contribution in [2.24, 2.45) is 0 Å². The molecule has 0 heterocycles. The van der Waals surface area contributed by atoms with Gasteiger partial charge in [-0.15, -0.1) is 0 Å².